The summed E-state index contributed by atoms with van der Waals surface area (Å²) in [5.41, 5.74) is 1.38. The number of fused-ring (bicyclic) bond motifs is 1. The van der Waals surface area contributed by atoms with E-state index in [2.05, 4.69) is 40.8 Å². The van der Waals surface area contributed by atoms with Crippen LogP contribution in [0.2, 0.25) is 0 Å². The summed E-state index contributed by atoms with van der Waals surface area (Å²) in [6.45, 7) is 0.961. The van der Waals surface area contributed by atoms with E-state index >= 15 is 0 Å². The number of hydrogen-bond donors (Lipinski definition) is 1. The van der Waals surface area contributed by atoms with Gasteiger partial charge < -0.3 is 5.32 Å². The van der Waals surface area contributed by atoms with Crippen molar-refractivity contribution in [1.82, 2.24) is 10.3 Å². The molecule has 1 aliphatic rings. The molecule has 0 saturated heterocycles. The molecule has 0 amide bonds. The van der Waals surface area contributed by atoms with Gasteiger partial charge in [-0.05, 0) is 36.1 Å². The quantitative estimate of drug-likeness (QED) is 0.920. The Labute approximate surface area is 119 Å². The summed E-state index contributed by atoms with van der Waals surface area (Å²) < 4.78 is 0. The lowest BCUT2D eigenvalue weighted by Crippen LogP contribution is -2.33. The van der Waals surface area contributed by atoms with E-state index in [1.807, 2.05) is 24.2 Å². The van der Waals surface area contributed by atoms with Crippen LogP contribution in [0.4, 0.5) is 0 Å². The monoisotopic (exact) mass is 272 g/mol. The minimum absolute atomic E-state index is 0.673. The van der Waals surface area contributed by atoms with E-state index in [0.717, 1.165) is 11.8 Å². The van der Waals surface area contributed by atoms with Gasteiger partial charge in [-0.2, -0.15) is 11.8 Å². The van der Waals surface area contributed by atoms with Crippen molar-refractivity contribution in [3.8, 4) is 0 Å². The maximum absolute atomic E-state index is 4.19. The Bertz CT molecular complexity index is 550. The van der Waals surface area contributed by atoms with Crippen LogP contribution in [0.1, 0.15) is 24.8 Å². The predicted octanol–water partition coefficient (Wildman–Crippen LogP) is 3.61. The van der Waals surface area contributed by atoms with E-state index in [-0.39, 0.29) is 0 Å². The van der Waals surface area contributed by atoms with Gasteiger partial charge in [0, 0.05) is 35.6 Å². The number of nitrogens with one attached hydrogen (secondary N) is 1. The topological polar surface area (TPSA) is 24.9 Å². The van der Waals surface area contributed by atoms with Crippen molar-refractivity contribution in [2.75, 3.05) is 6.26 Å². The van der Waals surface area contributed by atoms with Crippen LogP contribution in [0.5, 0.6) is 0 Å². The van der Waals surface area contributed by atoms with Gasteiger partial charge in [-0.25, -0.2) is 0 Å². The molecule has 0 aliphatic heterocycles. The van der Waals surface area contributed by atoms with Crippen LogP contribution < -0.4 is 5.32 Å². The Morgan fingerprint density at radius 2 is 2.26 bits per heavy atom. The van der Waals surface area contributed by atoms with Gasteiger partial charge in [0.1, 0.15) is 0 Å². The zero-order valence-corrected chi connectivity index (χ0v) is 12.1. The molecular weight excluding hydrogens is 252 g/mol. The lowest BCUT2D eigenvalue weighted by Gasteiger charge is -2.19. The molecule has 1 N–H and O–H groups in total. The molecule has 3 rings (SSSR count). The van der Waals surface area contributed by atoms with Crippen LogP contribution in [0.3, 0.4) is 0 Å². The summed E-state index contributed by atoms with van der Waals surface area (Å²) in [4.78, 5) is 4.19. The predicted molar refractivity (Wildman–Crippen MR) is 83.5 cm³/mol. The van der Waals surface area contributed by atoms with Crippen molar-refractivity contribution < 1.29 is 0 Å². The van der Waals surface area contributed by atoms with E-state index in [1.54, 1.807) is 0 Å². The first-order valence-electron chi connectivity index (χ1n) is 6.96. The van der Waals surface area contributed by atoms with E-state index in [0.29, 0.717) is 6.04 Å². The van der Waals surface area contributed by atoms with E-state index < -0.39 is 0 Å². The first-order valence-corrected chi connectivity index (χ1v) is 8.25. The lowest BCUT2D eigenvalue weighted by molar-refractivity contribution is 0.533. The smallest absolute Gasteiger partial charge is 0.0346 e. The molecule has 1 aromatic heterocycles. The molecule has 1 saturated carbocycles. The summed E-state index contributed by atoms with van der Waals surface area (Å²) in [6.07, 6.45) is 10.1. The van der Waals surface area contributed by atoms with Crippen LogP contribution in [-0.2, 0) is 6.54 Å². The Hall–Kier alpha value is -1.06. The fourth-order valence-corrected chi connectivity index (χ4v) is 3.99. The third-order valence-electron chi connectivity index (χ3n) is 4.08. The van der Waals surface area contributed by atoms with Crippen molar-refractivity contribution in [3.63, 3.8) is 0 Å². The minimum atomic E-state index is 0.673. The first-order chi connectivity index (χ1) is 9.38. The molecular formula is C16H20N2S. The SMILES string of the molecule is CSC1CCCC1NCc1cccc2cnccc12. The number of rotatable bonds is 4. The fraction of sp³-hybridized carbons (Fsp3) is 0.438. The second-order valence-corrected chi connectivity index (χ2v) is 6.28. The van der Waals surface area contributed by atoms with Gasteiger partial charge in [-0.1, -0.05) is 24.6 Å². The summed E-state index contributed by atoms with van der Waals surface area (Å²) in [5, 5.41) is 7.09. The van der Waals surface area contributed by atoms with Gasteiger partial charge >= 0.3 is 0 Å². The average molecular weight is 272 g/mol. The molecule has 2 aromatic rings. The highest BCUT2D eigenvalue weighted by Gasteiger charge is 2.25. The maximum atomic E-state index is 4.19. The van der Waals surface area contributed by atoms with Crippen LogP contribution in [0, 0.1) is 0 Å². The summed E-state index contributed by atoms with van der Waals surface area (Å²) in [5.74, 6) is 0. The van der Waals surface area contributed by atoms with Crippen molar-refractivity contribution in [2.45, 2.75) is 37.1 Å². The molecule has 1 aromatic carbocycles. The second-order valence-electron chi connectivity index (χ2n) is 5.21. The van der Waals surface area contributed by atoms with E-state index in [1.165, 1.54) is 35.6 Å². The second kappa shape index (κ2) is 5.93. The highest BCUT2D eigenvalue weighted by Crippen LogP contribution is 2.29. The molecule has 1 heterocycles. The molecule has 0 spiro atoms. The third-order valence-corrected chi connectivity index (χ3v) is 5.25. The van der Waals surface area contributed by atoms with Crippen molar-refractivity contribution >= 4 is 22.5 Å². The highest BCUT2D eigenvalue weighted by molar-refractivity contribution is 7.99. The molecule has 3 heteroatoms. The van der Waals surface area contributed by atoms with Crippen molar-refractivity contribution in [1.29, 1.82) is 0 Å². The number of thioether (sulfide) groups is 1. The Morgan fingerprint density at radius 3 is 3.16 bits per heavy atom. The number of benzene rings is 1. The van der Waals surface area contributed by atoms with E-state index in [9.17, 15) is 0 Å². The molecule has 0 radical (unpaired) electrons. The minimum Gasteiger partial charge on any atom is -0.309 e. The maximum Gasteiger partial charge on any atom is 0.0346 e. The summed E-state index contributed by atoms with van der Waals surface area (Å²) in [7, 11) is 0. The molecule has 2 nitrogen and oxygen atoms in total. The zero-order valence-electron chi connectivity index (χ0n) is 11.3. The molecule has 19 heavy (non-hydrogen) atoms. The first kappa shape index (κ1) is 12.9. The van der Waals surface area contributed by atoms with E-state index in [4.69, 9.17) is 0 Å². The molecule has 100 valence electrons. The Balaban J connectivity index is 1.75. The Morgan fingerprint density at radius 1 is 1.32 bits per heavy atom. The van der Waals surface area contributed by atoms with Gasteiger partial charge in [-0.3, -0.25) is 4.98 Å². The van der Waals surface area contributed by atoms with Gasteiger partial charge in [0.15, 0.2) is 0 Å². The Kier molecular flexibility index (Phi) is 4.04. The molecule has 2 unspecified atom stereocenters. The number of nitrogens with zero attached hydrogens (tertiary/aromatic N) is 1. The average Bonchev–Trinajstić information content (AvgIpc) is 2.92. The molecule has 1 aliphatic carbocycles. The van der Waals surface area contributed by atoms with Gasteiger partial charge in [0.25, 0.3) is 0 Å². The molecule has 1 fully saturated rings. The van der Waals surface area contributed by atoms with Gasteiger partial charge in [-0.15, -0.1) is 0 Å². The number of pyridine rings is 1. The fourth-order valence-electron chi connectivity index (χ4n) is 3.03. The standard InChI is InChI=1S/C16H20N2S/c1-19-16-7-3-6-15(16)18-11-13-5-2-4-12-10-17-9-8-14(12)13/h2,4-5,8-10,15-16,18H,3,6-7,11H2,1H3. The van der Waals surface area contributed by atoms with Crippen LogP contribution in [0.25, 0.3) is 10.8 Å². The summed E-state index contributed by atoms with van der Waals surface area (Å²) >= 11 is 2.01. The summed E-state index contributed by atoms with van der Waals surface area (Å²) in [6, 6.07) is 9.27. The van der Waals surface area contributed by atoms with Gasteiger partial charge in [0.05, 0.1) is 0 Å². The molecule has 0 bridgehead atoms. The number of aromatic nitrogens is 1. The van der Waals surface area contributed by atoms with Crippen LogP contribution in [-0.4, -0.2) is 22.5 Å². The number of hydrogen-bond acceptors (Lipinski definition) is 3. The lowest BCUT2D eigenvalue weighted by atomic mass is 10.1. The van der Waals surface area contributed by atoms with Gasteiger partial charge in [0.2, 0.25) is 0 Å². The highest BCUT2D eigenvalue weighted by atomic mass is 32.2. The van der Waals surface area contributed by atoms with Crippen LogP contribution >= 0.6 is 11.8 Å². The third kappa shape index (κ3) is 2.77. The van der Waals surface area contributed by atoms with Crippen molar-refractivity contribution in [3.05, 3.63) is 42.2 Å². The van der Waals surface area contributed by atoms with Crippen LogP contribution in [0.15, 0.2) is 36.7 Å². The largest absolute Gasteiger partial charge is 0.309 e. The molecule has 2 atom stereocenters. The van der Waals surface area contributed by atoms with Crippen molar-refractivity contribution in [2.24, 2.45) is 0 Å². The zero-order chi connectivity index (χ0) is 13.1. The normalized spacial score (nSPS) is 23.0.